The van der Waals surface area contributed by atoms with Gasteiger partial charge in [0.25, 0.3) is 0 Å². The first-order valence-electron chi connectivity index (χ1n) is 6.81. The van der Waals surface area contributed by atoms with E-state index in [9.17, 15) is 0 Å². The molecule has 0 fully saturated rings. The second-order valence-electron chi connectivity index (χ2n) is 4.77. The highest BCUT2D eigenvalue weighted by Gasteiger charge is 2.14. The smallest absolute Gasteiger partial charge is 0.126 e. The molecule has 0 amide bonds. The number of hydrogen-bond acceptors (Lipinski definition) is 2. The molecular weight excluding hydrogens is 246 g/mol. The fourth-order valence-electron chi connectivity index (χ4n) is 2.30. The van der Waals surface area contributed by atoms with E-state index in [1.807, 2.05) is 36.4 Å². The van der Waals surface area contributed by atoms with Crippen LogP contribution in [0.2, 0.25) is 0 Å². The van der Waals surface area contributed by atoms with Crippen LogP contribution in [0.4, 0.5) is 5.69 Å². The molecule has 0 saturated carbocycles. The summed E-state index contributed by atoms with van der Waals surface area (Å²) in [7, 11) is 0. The minimum absolute atomic E-state index is 0.134. The summed E-state index contributed by atoms with van der Waals surface area (Å²) in [6.07, 6.45) is 2.61. The molecule has 3 rings (SSSR count). The van der Waals surface area contributed by atoms with Crippen molar-refractivity contribution in [2.75, 3.05) is 5.32 Å². The van der Waals surface area contributed by atoms with Crippen LogP contribution in [0.15, 0.2) is 83.5 Å². The Morgan fingerprint density at radius 2 is 1.50 bits per heavy atom. The summed E-state index contributed by atoms with van der Waals surface area (Å²) in [6.45, 7) is 0. The molecule has 0 spiro atoms. The van der Waals surface area contributed by atoms with Gasteiger partial charge in [0, 0.05) is 5.69 Å². The lowest BCUT2D eigenvalue weighted by molar-refractivity contribution is 0.477. The van der Waals surface area contributed by atoms with E-state index in [-0.39, 0.29) is 6.04 Å². The maximum Gasteiger partial charge on any atom is 0.126 e. The first kappa shape index (κ1) is 12.5. The molecule has 0 aliphatic carbocycles. The molecule has 2 nitrogen and oxygen atoms in total. The van der Waals surface area contributed by atoms with Gasteiger partial charge in [-0.25, -0.2) is 0 Å². The maximum absolute atomic E-state index is 5.58. The van der Waals surface area contributed by atoms with Gasteiger partial charge >= 0.3 is 0 Å². The summed E-state index contributed by atoms with van der Waals surface area (Å²) in [5.41, 5.74) is 2.39. The van der Waals surface area contributed by atoms with Crippen molar-refractivity contribution >= 4 is 5.69 Å². The van der Waals surface area contributed by atoms with Crippen LogP contribution < -0.4 is 5.32 Å². The molecule has 2 aromatic carbocycles. The third kappa shape index (κ3) is 3.09. The van der Waals surface area contributed by atoms with Gasteiger partial charge in [0.1, 0.15) is 5.76 Å². The van der Waals surface area contributed by atoms with Gasteiger partial charge in [0.15, 0.2) is 0 Å². The highest BCUT2D eigenvalue weighted by molar-refractivity contribution is 5.44. The molecule has 20 heavy (non-hydrogen) atoms. The zero-order valence-electron chi connectivity index (χ0n) is 11.2. The Bertz CT molecular complexity index is 576. The maximum atomic E-state index is 5.58. The quantitative estimate of drug-likeness (QED) is 0.723. The lowest BCUT2D eigenvalue weighted by Crippen LogP contribution is -2.12. The van der Waals surface area contributed by atoms with E-state index in [4.69, 9.17) is 4.42 Å². The number of benzene rings is 2. The Balaban J connectivity index is 1.81. The molecule has 1 unspecified atom stereocenters. The van der Waals surface area contributed by atoms with E-state index < -0.39 is 0 Å². The molecule has 0 aliphatic heterocycles. The van der Waals surface area contributed by atoms with Crippen molar-refractivity contribution in [1.29, 1.82) is 0 Å². The minimum atomic E-state index is 0.134. The predicted molar refractivity (Wildman–Crippen MR) is 81.7 cm³/mol. The number of nitrogens with one attached hydrogen (secondary N) is 1. The Kier molecular flexibility index (Phi) is 3.83. The first-order valence-corrected chi connectivity index (χ1v) is 6.81. The molecule has 100 valence electrons. The second kappa shape index (κ2) is 6.11. The molecule has 0 saturated heterocycles. The van der Waals surface area contributed by atoms with E-state index in [0.29, 0.717) is 0 Å². The van der Waals surface area contributed by atoms with Crippen molar-refractivity contribution in [3.05, 3.63) is 90.4 Å². The van der Waals surface area contributed by atoms with Gasteiger partial charge in [-0.1, -0.05) is 48.5 Å². The van der Waals surface area contributed by atoms with Crippen molar-refractivity contribution in [2.45, 2.75) is 12.5 Å². The predicted octanol–water partition coefficient (Wildman–Crippen LogP) is 4.68. The molecule has 1 heterocycles. The molecule has 0 aliphatic rings. The van der Waals surface area contributed by atoms with Crippen molar-refractivity contribution in [1.82, 2.24) is 0 Å². The average Bonchev–Trinajstić information content (AvgIpc) is 3.03. The van der Waals surface area contributed by atoms with Crippen LogP contribution in [0.25, 0.3) is 0 Å². The Morgan fingerprint density at radius 1 is 0.800 bits per heavy atom. The average molecular weight is 263 g/mol. The third-order valence-corrected chi connectivity index (χ3v) is 3.28. The normalized spacial score (nSPS) is 12.0. The number of furan rings is 1. The lowest BCUT2D eigenvalue weighted by Gasteiger charge is -2.18. The van der Waals surface area contributed by atoms with Gasteiger partial charge in [0.05, 0.1) is 12.3 Å². The highest BCUT2D eigenvalue weighted by Crippen LogP contribution is 2.23. The Morgan fingerprint density at radius 3 is 2.15 bits per heavy atom. The lowest BCUT2D eigenvalue weighted by atomic mass is 10.0. The molecule has 0 radical (unpaired) electrons. The standard InChI is InChI=1S/C18H17NO/c1-3-8-15(9-4-1)14-17(18-12-7-13-20-18)19-16-10-5-2-6-11-16/h1-13,17,19H,14H2. The van der Waals surface area contributed by atoms with Crippen LogP contribution in [0.1, 0.15) is 17.4 Å². The van der Waals surface area contributed by atoms with Crippen molar-refractivity contribution in [2.24, 2.45) is 0 Å². The molecule has 0 bridgehead atoms. The van der Waals surface area contributed by atoms with E-state index in [2.05, 4.69) is 41.7 Å². The highest BCUT2D eigenvalue weighted by atomic mass is 16.3. The number of hydrogen-bond donors (Lipinski definition) is 1. The minimum Gasteiger partial charge on any atom is -0.467 e. The van der Waals surface area contributed by atoms with E-state index >= 15 is 0 Å². The van der Waals surface area contributed by atoms with Crippen LogP contribution in [-0.4, -0.2) is 0 Å². The zero-order chi connectivity index (χ0) is 13.6. The van der Waals surface area contributed by atoms with Crippen molar-refractivity contribution < 1.29 is 4.42 Å². The van der Waals surface area contributed by atoms with Gasteiger partial charge in [-0.05, 0) is 36.2 Å². The summed E-state index contributed by atoms with van der Waals surface area (Å²) >= 11 is 0. The molecule has 2 heteroatoms. The molecule has 1 atom stereocenters. The topological polar surface area (TPSA) is 25.2 Å². The van der Waals surface area contributed by atoms with E-state index in [1.54, 1.807) is 6.26 Å². The third-order valence-electron chi connectivity index (χ3n) is 3.28. The summed E-state index contributed by atoms with van der Waals surface area (Å²) in [6, 6.07) is 24.8. The number of anilines is 1. The summed E-state index contributed by atoms with van der Waals surface area (Å²) in [4.78, 5) is 0. The SMILES string of the molecule is c1ccc(CC(Nc2ccccc2)c2ccco2)cc1. The fraction of sp³-hybridized carbons (Fsp3) is 0.111. The molecular formula is C18H17NO. The summed E-state index contributed by atoms with van der Waals surface area (Å²) in [5, 5.41) is 3.54. The van der Waals surface area contributed by atoms with Crippen LogP contribution in [-0.2, 0) is 6.42 Å². The monoisotopic (exact) mass is 263 g/mol. The van der Waals surface area contributed by atoms with Gasteiger partial charge in [0.2, 0.25) is 0 Å². The van der Waals surface area contributed by atoms with Crippen molar-refractivity contribution in [3.8, 4) is 0 Å². The van der Waals surface area contributed by atoms with Crippen LogP contribution >= 0.6 is 0 Å². The van der Waals surface area contributed by atoms with Gasteiger partial charge in [-0.2, -0.15) is 0 Å². The van der Waals surface area contributed by atoms with Gasteiger partial charge < -0.3 is 9.73 Å². The first-order chi connectivity index (χ1) is 9.92. The van der Waals surface area contributed by atoms with E-state index in [0.717, 1.165) is 17.9 Å². The second-order valence-corrected chi connectivity index (χ2v) is 4.77. The van der Waals surface area contributed by atoms with E-state index in [1.165, 1.54) is 5.56 Å². The van der Waals surface area contributed by atoms with Crippen LogP contribution in [0.5, 0.6) is 0 Å². The van der Waals surface area contributed by atoms with Crippen molar-refractivity contribution in [3.63, 3.8) is 0 Å². The summed E-state index contributed by atoms with van der Waals surface area (Å²) < 4.78 is 5.58. The Labute approximate surface area is 119 Å². The Hall–Kier alpha value is -2.48. The van der Waals surface area contributed by atoms with Gasteiger partial charge in [-0.3, -0.25) is 0 Å². The number of rotatable bonds is 5. The zero-order valence-corrected chi connectivity index (χ0v) is 11.2. The molecule has 3 aromatic rings. The largest absolute Gasteiger partial charge is 0.467 e. The van der Waals surface area contributed by atoms with Crippen LogP contribution in [0.3, 0.4) is 0 Å². The molecule has 1 N–H and O–H groups in total. The van der Waals surface area contributed by atoms with Gasteiger partial charge in [-0.15, -0.1) is 0 Å². The number of para-hydroxylation sites is 1. The van der Waals surface area contributed by atoms with Crippen LogP contribution in [0, 0.1) is 0 Å². The molecule has 1 aromatic heterocycles. The summed E-state index contributed by atoms with van der Waals surface area (Å²) in [5.74, 6) is 0.956. The fourth-order valence-corrected chi connectivity index (χ4v) is 2.30.